The highest BCUT2D eigenvalue weighted by molar-refractivity contribution is 7.89. The van der Waals surface area contributed by atoms with Crippen LogP contribution in [0.2, 0.25) is 0 Å². The molecule has 0 unspecified atom stereocenters. The van der Waals surface area contributed by atoms with Crippen LogP contribution >= 0.6 is 0 Å². The van der Waals surface area contributed by atoms with Gasteiger partial charge in [-0.1, -0.05) is 54.6 Å². The van der Waals surface area contributed by atoms with Crippen molar-refractivity contribution in [2.24, 2.45) is 5.14 Å². The van der Waals surface area contributed by atoms with E-state index < -0.39 is 10.0 Å². The highest BCUT2D eigenvalue weighted by atomic mass is 32.2. The topological polar surface area (TPSA) is 86.2 Å². The number of rotatable bonds is 3. The van der Waals surface area contributed by atoms with E-state index in [1.165, 1.54) is 6.07 Å². The Bertz CT molecular complexity index is 949. The third kappa shape index (κ3) is 3.11. The molecule has 0 bridgehead atoms. The number of nitrogens with two attached hydrogens (primary N) is 2. The maximum absolute atomic E-state index is 11.9. The van der Waals surface area contributed by atoms with Crippen LogP contribution in [0.15, 0.2) is 77.7 Å². The van der Waals surface area contributed by atoms with Gasteiger partial charge in [0.1, 0.15) is 0 Å². The number of sulfonamides is 1. The van der Waals surface area contributed by atoms with E-state index in [1.54, 1.807) is 18.2 Å². The Kier molecular flexibility index (Phi) is 3.90. The van der Waals surface area contributed by atoms with Crippen LogP contribution in [-0.4, -0.2) is 8.42 Å². The fraction of sp³-hybridized carbons (Fsp3) is 0. The number of hydrogen-bond donors (Lipinski definition) is 2. The second-order valence-corrected chi connectivity index (χ2v) is 6.74. The van der Waals surface area contributed by atoms with Crippen LogP contribution in [0.25, 0.3) is 22.3 Å². The normalized spacial score (nSPS) is 11.3. The van der Waals surface area contributed by atoms with Crippen molar-refractivity contribution in [1.29, 1.82) is 0 Å². The molecule has 0 aromatic heterocycles. The number of anilines is 1. The van der Waals surface area contributed by atoms with Crippen molar-refractivity contribution in [3.05, 3.63) is 72.8 Å². The summed E-state index contributed by atoms with van der Waals surface area (Å²) in [6, 6.07) is 21.8. The maximum Gasteiger partial charge on any atom is 0.238 e. The lowest BCUT2D eigenvalue weighted by molar-refractivity contribution is 0.598. The first kappa shape index (κ1) is 15.3. The van der Waals surface area contributed by atoms with Gasteiger partial charge in [0, 0.05) is 11.3 Å². The molecule has 4 nitrogen and oxygen atoms in total. The third-order valence-corrected chi connectivity index (χ3v) is 4.60. The number of hydrogen-bond acceptors (Lipinski definition) is 3. The first-order valence-corrected chi connectivity index (χ1v) is 8.58. The van der Waals surface area contributed by atoms with Crippen LogP contribution in [0.4, 0.5) is 5.69 Å². The Balaban J connectivity index is 2.26. The zero-order valence-electron chi connectivity index (χ0n) is 12.3. The summed E-state index contributed by atoms with van der Waals surface area (Å²) in [6.07, 6.45) is 0. The maximum atomic E-state index is 11.9. The quantitative estimate of drug-likeness (QED) is 0.725. The third-order valence-electron chi connectivity index (χ3n) is 3.63. The standard InChI is InChI=1S/C18H16N2O2S/c19-14-11-9-13(10-12-14)15-5-1-2-6-16(15)17-7-3-4-8-18(17)23(20,21)22/h1-12H,19H2,(H2,20,21,22). The molecule has 3 aromatic carbocycles. The largest absolute Gasteiger partial charge is 0.399 e. The van der Waals surface area contributed by atoms with Crippen LogP contribution in [0.3, 0.4) is 0 Å². The summed E-state index contributed by atoms with van der Waals surface area (Å²) in [4.78, 5) is 0.114. The number of nitrogen functional groups attached to an aromatic ring is 1. The average Bonchev–Trinajstić information content (AvgIpc) is 2.55. The molecule has 0 aliphatic carbocycles. The molecule has 5 heteroatoms. The van der Waals surface area contributed by atoms with Gasteiger partial charge in [0.05, 0.1) is 4.90 Å². The molecule has 4 N–H and O–H groups in total. The van der Waals surface area contributed by atoms with E-state index in [-0.39, 0.29) is 4.90 Å². The molecule has 0 atom stereocenters. The first-order chi connectivity index (χ1) is 11.0. The van der Waals surface area contributed by atoms with E-state index in [9.17, 15) is 8.42 Å². The van der Waals surface area contributed by atoms with Gasteiger partial charge in [-0.05, 0) is 34.9 Å². The summed E-state index contributed by atoms with van der Waals surface area (Å²) in [5, 5.41) is 5.36. The Morgan fingerprint density at radius 2 is 1.17 bits per heavy atom. The van der Waals surface area contributed by atoms with Gasteiger partial charge >= 0.3 is 0 Å². The van der Waals surface area contributed by atoms with Crippen molar-refractivity contribution < 1.29 is 8.42 Å². The number of benzene rings is 3. The summed E-state index contributed by atoms with van der Waals surface area (Å²) < 4.78 is 23.8. The van der Waals surface area contributed by atoms with Gasteiger partial charge < -0.3 is 5.73 Å². The monoisotopic (exact) mass is 324 g/mol. The predicted molar refractivity (Wildman–Crippen MR) is 93.1 cm³/mol. The minimum absolute atomic E-state index is 0.114. The molecule has 0 fully saturated rings. The number of primary sulfonamides is 1. The van der Waals surface area contributed by atoms with E-state index in [0.29, 0.717) is 11.3 Å². The Labute approximate surface area is 135 Å². The van der Waals surface area contributed by atoms with Gasteiger partial charge in [0.25, 0.3) is 0 Å². The molecule has 0 radical (unpaired) electrons. The molecule has 0 spiro atoms. The van der Waals surface area contributed by atoms with Crippen LogP contribution in [0, 0.1) is 0 Å². The second kappa shape index (κ2) is 5.87. The van der Waals surface area contributed by atoms with Crippen LogP contribution in [0.1, 0.15) is 0 Å². The van der Waals surface area contributed by atoms with E-state index in [1.807, 2.05) is 48.5 Å². The van der Waals surface area contributed by atoms with Gasteiger partial charge in [0.2, 0.25) is 10.0 Å². The van der Waals surface area contributed by atoms with Crippen molar-refractivity contribution in [3.63, 3.8) is 0 Å². The zero-order valence-corrected chi connectivity index (χ0v) is 13.1. The lowest BCUT2D eigenvalue weighted by atomic mass is 9.94. The van der Waals surface area contributed by atoms with Gasteiger partial charge in [0.15, 0.2) is 0 Å². The first-order valence-electron chi connectivity index (χ1n) is 7.04. The van der Waals surface area contributed by atoms with Crippen molar-refractivity contribution in [1.82, 2.24) is 0 Å². The molecule has 116 valence electrons. The van der Waals surface area contributed by atoms with Gasteiger partial charge in [-0.3, -0.25) is 0 Å². The molecule has 0 amide bonds. The van der Waals surface area contributed by atoms with E-state index in [0.717, 1.165) is 16.7 Å². The van der Waals surface area contributed by atoms with Crippen LogP contribution in [-0.2, 0) is 10.0 Å². The molecule has 0 saturated carbocycles. The summed E-state index contributed by atoms with van der Waals surface area (Å²) in [7, 11) is -3.81. The molecular weight excluding hydrogens is 308 g/mol. The summed E-state index contributed by atoms with van der Waals surface area (Å²) >= 11 is 0. The van der Waals surface area contributed by atoms with Gasteiger partial charge in [-0.2, -0.15) is 0 Å². The van der Waals surface area contributed by atoms with Crippen LogP contribution in [0.5, 0.6) is 0 Å². The molecule has 0 saturated heterocycles. The lowest BCUT2D eigenvalue weighted by Crippen LogP contribution is -2.13. The Morgan fingerprint density at radius 1 is 0.652 bits per heavy atom. The van der Waals surface area contributed by atoms with Gasteiger partial charge in [-0.25, -0.2) is 13.6 Å². The van der Waals surface area contributed by atoms with E-state index >= 15 is 0 Å². The molecule has 0 heterocycles. The Morgan fingerprint density at radius 3 is 1.78 bits per heavy atom. The minimum Gasteiger partial charge on any atom is -0.399 e. The summed E-state index contributed by atoms with van der Waals surface area (Å²) in [5.41, 5.74) is 9.69. The fourth-order valence-electron chi connectivity index (χ4n) is 2.57. The average molecular weight is 324 g/mol. The summed E-state index contributed by atoms with van der Waals surface area (Å²) in [6.45, 7) is 0. The smallest absolute Gasteiger partial charge is 0.238 e. The molecule has 23 heavy (non-hydrogen) atoms. The van der Waals surface area contributed by atoms with Crippen LogP contribution < -0.4 is 10.9 Å². The highest BCUT2D eigenvalue weighted by Crippen LogP contribution is 2.35. The molecule has 3 rings (SSSR count). The second-order valence-electron chi connectivity index (χ2n) is 5.21. The van der Waals surface area contributed by atoms with Crippen molar-refractivity contribution in [3.8, 4) is 22.3 Å². The minimum atomic E-state index is -3.81. The van der Waals surface area contributed by atoms with E-state index in [4.69, 9.17) is 10.9 Å². The van der Waals surface area contributed by atoms with Crippen molar-refractivity contribution >= 4 is 15.7 Å². The predicted octanol–water partition coefficient (Wildman–Crippen LogP) is 3.25. The molecule has 0 aliphatic heterocycles. The van der Waals surface area contributed by atoms with Gasteiger partial charge in [-0.15, -0.1) is 0 Å². The Hall–Kier alpha value is -2.63. The molecule has 3 aromatic rings. The SMILES string of the molecule is Nc1ccc(-c2ccccc2-c2ccccc2S(N)(=O)=O)cc1. The summed E-state index contributed by atoms with van der Waals surface area (Å²) in [5.74, 6) is 0. The highest BCUT2D eigenvalue weighted by Gasteiger charge is 2.17. The lowest BCUT2D eigenvalue weighted by Gasteiger charge is -2.13. The molecule has 0 aliphatic rings. The van der Waals surface area contributed by atoms with Crippen molar-refractivity contribution in [2.45, 2.75) is 4.90 Å². The zero-order chi connectivity index (χ0) is 16.4. The molecular formula is C18H16N2O2S. The van der Waals surface area contributed by atoms with E-state index in [2.05, 4.69) is 0 Å². The fourth-order valence-corrected chi connectivity index (χ4v) is 3.32. The van der Waals surface area contributed by atoms with Crippen molar-refractivity contribution in [2.75, 3.05) is 5.73 Å².